The predicted octanol–water partition coefficient (Wildman–Crippen LogP) is 3.13. The normalized spacial score (nSPS) is 23.2. The van der Waals surface area contributed by atoms with Gasteiger partial charge in [-0.15, -0.1) is 0 Å². The summed E-state index contributed by atoms with van der Waals surface area (Å²) in [5.41, 5.74) is 6.89. The maximum Gasteiger partial charge on any atom is 0.258 e. The first kappa shape index (κ1) is 20.7. The summed E-state index contributed by atoms with van der Waals surface area (Å²) in [4.78, 5) is 26.5. The van der Waals surface area contributed by atoms with Crippen molar-refractivity contribution in [2.24, 2.45) is 5.73 Å². The van der Waals surface area contributed by atoms with Crippen molar-refractivity contribution in [3.8, 4) is 5.75 Å². The first-order valence-electron chi connectivity index (χ1n) is 10.3. The van der Waals surface area contributed by atoms with Crippen molar-refractivity contribution in [1.82, 2.24) is 10.2 Å². The summed E-state index contributed by atoms with van der Waals surface area (Å²) in [6, 6.07) is 15.8. The number of fused-ring (bicyclic) bond motifs is 2. The Balaban J connectivity index is 1.29. The molecule has 2 aromatic rings. The predicted molar refractivity (Wildman–Crippen MR) is 115 cm³/mol. The highest BCUT2D eigenvalue weighted by atomic mass is 35.5. The number of amides is 2. The summed E-state index contributed by atoms with van der Waals surface area (Å²) in [7, 11) is 0. The first-order chi connectivity index (χ1) is 14.5. The molecular weight excluding hydrogens is 402 g/mol. The molecule has 2 heterocycles. The number of hydrogen-bond donors (Lipinski definition) is 2. The number of para-hydroxylation sites is 1. The summed E-state index contributed by atoms with van der Waals surface area (Å²) in [6.45, 7) is 0.783. The molecule has 3 N–H and O–H groups in total. The van der Waals surface area contributed by atoms with Gasteiger partial charge in [0, 0.05) is 29.7 Å². The average Bonchev–Trinajstić information content (AvgIpc) is 2.96. The van der Waals surface area contributed by atoms with Crippen molar-refractivity contribution in [3.05, 3.63) is 64.7 Å². The second-order valence-electron chi connectivity index (χ2n) is 8.07. The zero-order valence-electron chi connectivity index (χ0n) is 16.7. The molecular formula is C23H26ClN3O3. The van der Waals surface area contributed by atoms with Crippen LogP contribution in [0.25, 0.3) is 0 Å². The monoisotopic (exact) mass is 427 g/mol. The van der Waals surface area contributed by atoms with E-state index < -0.39 is 5.91 Å². The summed E-state index contributed by atoms with van der Waals surface area (Å²) in [5, 5.41) is 3.86. The molecule has 4 rings (SSSR count). The van der Waals surface area contributed by atoms with Gasteiger partial charge in [0.05, 0.1) is 5.56 Å². The van der Waals surface area contributed by atoms with Crippen LogP contribution in [-0.2, 0) is 11.3 Å². The second kappa shape index (κ2) is 9.06. The van der Waals surface area contributed by atoms with Crippen LogP contribution in [0.2, 0.25) is 5.02 Å². The Morgan fingerprint density at radius 3 is 2.40 bits per heavy atom. The van der Waals surface area contributed by atoms with Gasteiger partial charge in [-0.05, 0) is 55.5 Å². The van der Waals surface area contributed by atoms with Crippen LogP contribution in [0.5, 0.6) is 5.75 Å². The molecule has 0 radical (unpaired) electrons. The van der Waals surface area contributed by atoms with E-state index in [0.717, 1.165) is 37.3 Å². The molecule has 2 aliphatic heterocycles. The number of carbonyl (C=O) groups is 2. The van der Waals surface area contributed by atoms with Crippen LogP contribution >= 0.6 is 11.6 Å². The van der Waals surface area contributed by atoms with Gasteiger partial charge in [0.15, 0.2) is 6.61 Å². The molecule has 0 aliphatic carbocycles. The fraction of sp³-hybridized carbons (Fsp3) is 0.391. The number of nitrogens with two attached hydrogens (primary N) is 1. The molecule has 30 heavy (non-hydrogen) atoms. The van der Waals surface area contributed by atoms with Crippen molar-refractivity contribution in [3.63, 3.8) is 0 Å². The van der Waals surface area contributed by atoms with Gasteiger partial charge in [0.1, 0.15) is 5.75 Å². The Morgan fingerprint density at radius 1 is 1.07 bits per heavy atom. The lowest BCUT2D eigenvalue weighted by Crippen LogP contribution is -2.50. The summed E-state index contributed by atoms with van der Waals surface area (Å²) < 4.78 is 5.55. The molecule has 6 nitrogen and oxygen atoms in total. The number of nitrogens with zero attached hydrogens (tertiary/aromatic N) is 1. The molecule has 0 saturated carbocycles. The highest BCUT2D eigenvalue weighted by Gasteiger charge is 2.40. The summed E-state index contributed by atoms with van der Waals surface area (Å²) in [6.07, 6.45) is 4.20. The van der Waals surface area contributed by atoms with Crippen LogP contribution in [0.3, 0.4) is 0 Å². The van der Waals surface area contributed by atoms with Gasteiger partial charge in [-0.2, -0.15) is 0 Å². The number of hydrogen-bond acceptors (Lipinski definition) is 4. The van der Waals surface area contributed by atoms with E-state index in [1.54, 1.807) is 24.3 Å². The van der Waals surface area contributed by atoms with Crippen molar-refractivity contribution in [2.45, 2.75) is 50.4 Å². The fourth-order valence-corrected chi connectivity index (χ4v) is 4.79. The van der Waals surface area contributed by atoms with Gasteiger partial charge in [-0.3, -0.25) is 14.5 Å². The Kier molecular flexibility index (Phi) is 6.25. The maximum absolute atomic E-state index is 12.4. The standard InChI is InChI=1S/C23H26ClN3O3/c24-16-7-5-15(6-8-16)13-27-18-9-10-19(27)12-17(11-18)26-22(28)14-30-21-4-2-1-3-20(21)23(25)29/h1-8,17-19H,9-14H2,(H2,25,29)(H,26,28)/t18-,19-/m1/s1. The lowest BCUT2D eigenvalue weighted by Gasteiger charge is -2.39. The second-order valence-corrected chi connectivity index (χ2v) is 8.51. The lowest BCUT2D eigenvalue weighted by molar-refractivity contribution is -0.124. The van der Waals surface area contributed by atoms with Gasteiger partial charge >= 0.3 is 0 Å². The van der Waals surface area contributed by atoms with E-state index in [0.29, 0.717) is 17.8 Å². The van der Waals surface area contributed by atoms with Gasteiger partial charge in [0.2, 0.25) is 0 Å². The minimum Gasteiger partial charge on any atom is -0.483 e. The first-order valence-corrected chi connectivity index (χ1v) is 10.7. The molecule has 2 bridgehead atoms. The zero-order valence-corrected chi connectivity index (χ0v) is 17.5. The van der Waals surface area contributed by atoms with Crippen molar-refractivity contribution in [1.29, 1.82) is 0 Å². The van der Waals surface area contributed by atoms with E-state index in [2.05, 4.69) is 22.3 Å². The van der Waals surface area contributed by atoms with E-state index in [1.807, 2.05) is 12.1 Å². The third kappa shape index (κ3) is 4.77. The topological polar surface area (TPSA) is 84.7 Å². The van der Waals surface area contributed by atoms with Crippen LogP contribution in [-0.4, -0.2) is 41.4 Å². The summed E-state index contributed by atoms with van der Waals surface area (Å²) >= 11 is 5.99. The number of halogens is 1. The number of benzene rings is 2. The van der Waals surface area contributed by atoms with Crippen molar-refractivity contribution >= 4 is 23.4 Å². The molecule has 2 fully saturated rings. The van der Waals surface area contributed by atoms with E-state index in [1.165, 1.54) is 5.56 Å². The zero-order chi connectivity index (χ0) is 21.1. The molecule has 2 saturated heterocycles. The Bertz CT molecular complexity index is 904. The molecule has 7 heteroatoms. The van der Waals surface area contributed by atoms with Gasteiger partial charge in [-0.1, -0.05) is 35.9 Å². The fourth-order valence-electron chi connectivity index (χ4n) is 4.66. The van der Waals surface area contributed by atoms with Crippen molar-refractivity contribution < 1.29 is 14.3 Å². The van der Waals surface area contributed by atoms with E-state index in [4.69, 9.17) is 22.1 Å². The van der Waals surface area contributed by atoms with Gasteiger partial charge in [0.25, 0.3) is 11.8 Å². The molecule has 2 aliphatic rings. The number of primary amides is 1. The number of carbonyl (C=O) groups excluding carboxylic acids is 2. The van der Waals surface area contributed by atoms with Gasteiger partial charge in [-0.25, -0.2) is 0 Å². The van der Waals surface area contributed by atoms with Crippen molar-refractivity contribution in [2.75, 3.05) is 6.61 Å². The van der Waals surface area contributed by atoms with Crippen LogP contribution in [0.15, 0.2) is 48.5 Å². The molecule has 2 aromatic carbocycles. The summed E-state index contributed by atoms with van der Waals surface area (Å²) in [5.74, 6) is -0.418. The van der Waals surface area contributed by atoms with Crippen LogP contribution < -0.4 is 15.8 Å². The smallest absolute Gasteiger partial charge is 0.258 e. The quantitative estimate of drug-likeness (QED) is 0.711. The molecule has 2 amide bonds. The Morgan fingerprint density at radius 2 is 1.73 bits per heavy atom. The molecule has 0 spiro atoms. The van der Waals surface area contributed by atoms with Crippen LogP contribution in [0, 0.1) is 0 Å². The SMILES string of the molecule is NC(=O)c1ccccc1OCC(=O)NC1C[C@H]2CC[C@H](C1)N2Cc1ccc(Cl)cc1. The van der Waals surface area contributed by atoms with Gasteiger partial charge < -0.3 is 15.8 Å². The van der Waals surface area contributed by atoms with E-state index in [-0.39, 0.29) is 24.1 Å². The molecule has 2 atom stereocenters. The number of nitrogens with one attached hydrogen (secondary N) is 1. The molecule has 158 valence electrons. The minimum absolute atomic E-state index is 0.134. The highest BCUT2D eigenvalue weighted by Crippen LogP contribution is 2.37. The Hall–Kier alpha value is -2.57. The highest BCUT2D eigenvalue weighted by molar-refractivity contribution is 6.30. The molecule has 0 aromatic heterocycles. The number of piperidine rings is 1. The average molecular weight is 428 g/mol. The van der Waals surface area contributed by atoms with E-state index in [9.17, 15) is 9.59 Å². The number of ether oxygens (including phenoxy) is 1. The largest absolute Gasteiger partial charge is 0.483 e. The number of rotatable bonds is 7. The van der Waals surface area contributed by atoms with Crippen LogP contribution in [0.1, 0.15) is 41.6 Å². The van der Waals surface area contributed by atoms with E-state index >= 15 is 0 Å². The lowest BCUT2D eigenvalue weighted by atomic mass is 9.96. The Labute approximate surface area is 181 Å². The third-order valence-electron chi connectivity index (χ3n) is 6.04. The maximum atomic E-state index is 12.4. The minimum atomic E-state index is -0.573. The van der Waals surface area contributed by atoms with Crippen LogP contribution in [0.4, 0.5) is 0 Å². The molecule has 0 unspecified atom stereocenters. The third-order valence-corrected chi connectivity index (χ3v) is 6.29.